The molecule has 1 aromatic rings. The van der Waals surface area contributed by atoms with Crippen molar-refractivity contribution in [2.45, 2.75) is 25.9 Å². The largest absolute Gasteiger partial charge is 0.393 e. The molecule has 0 radical (unpaired) electrons. The maximum Gasteiger partial charge on any atom is 0.292 e. The standard InChI is InChI=1S/C12H16N4O2/c1-9(5-6-13)15(2)8-10-3-4-11(14)12(7-10)16(17)18/h3-4,7,9H,5,8,14H2,1-2H3. The van der Waals surface area contributed by atoms with E-state index in [-0.39, 0.29) is 17.4 Å². The second-order valence-electron chi connectivity index (χ2n) is 4.28. The molecule has 0 amide bonds. The molecule has 1 rings (SSSR count). The summed E-state index contributed by atoms with van der Waals surface area (Å²) in [5.74, 6) is 0. The first-order chi connectivity index (χ1) is 8.45. The molecule has 0 aliphatic heterocycles. The highest BCUT2D eigenvalue weighted by atomic mass is 16.6. The molecule has 1 aromatic carbocycles. The van der Waals surface area contributed by atoms with Crippen LogP contribution in [-0.2, 0) is 6.54 Å². The summed E-state index contributed by atoms with van der Waals surface area (Å²) < 4.78 is 0. The van der Waals surface area contributed by atoms with E-state index in [0.717, 1.165) is 5.56 Å². The molecule has 0 saturated heterocycles. The van der Waals surface area contributed by atoms with Gasteiger partial charge in [-0.3, -0.25) is 15.0 Å². The number of hydrogen-bond acceptors (Lipinski definition) is 5. The Bertz CT molecular complexity index is 481. The van der Waals surface area contributed by atoms with E-state index in [4.69, 9.17) is 11.0 Å². The lowest BCUT2D eigenvalue weighted by atomic mass is 10.1. The van der Waals surface area contributed by atoms with Gasteiger partial charge in [-0.05, 0) is 25.6 Å². The lowest BCUT2D eigenvalue weighted by Gasteiger charge is -2.22. The Labute approximate surface area is 106 Å². The van der Waals surface area contributed by atoms with Gasteiger partial charge in [-0.25, -0.2) is 0 Å². The van der Waals surface area contributed by atoms with Crippen molar-refractivity contribution >= 4 is 11.4 Å². The maximum absolute atomic E-state index is 10.8. The van der Waals surface area contributed by atoms with E-state index in [9.17, 15) is 10.1 Å². The predicted molar refractivity (Wildman–Crippen MR) is 68.7 cm³/mol. The van der Waals surface area contributed by atoms with E-state index in [0.29, 0.717) is 13.0 Å². The van der Waals surface area contributed by atoms with Gasteiger partial charge >= 0.3 is 0 Å². The number of anilines is 1. The first kappa shape index (κ1) is 13.9. The van der Waals surface area contributed by atoms with Crippen LogP contribution in [0.5, 0.6) is 0 Å². The zero-order valence-corrected chi connectivity index (χ0v) is 10.5. The number of benzene rings is 1. The van der Waals surface area contributed by atoms with Crippen molar-refractivity contribution in [1.82, 2.24) is 4.90 Å². The van der Waals surface area contributed by atoms with E-state index in [1.54, 1.807) is 6.07 Å². The van der Waals surface area contributed by atoms with Gasteiger partial charge in [0, 0.05) is 18.7 Å². The minimum absolute atomic E-state index is 0.0752. The van der Waals surface area contributed by atoms with Crippen molar-refractivity contribution in [3.8, 4) is 6.07 Å². The molecule has 0 fully saturated rings. The highest BCUT2D eigenvalue weighted by Gasteiger charge is 2.14. The van der Waals surface area contributed by atoms with E-state index in [1.807, 2.05) is 18.9 Å². The average molecular weight is 248 g/mol. The Balaban J connectivity index is 2.83. The lowest BCUT2D eigenvalue weighted by Crippen LogP contribution is -2.28. The Morgan fingerprint density at radius 2 is 2.28 bits per heavy atom. The summed E-state index contributed by atoms with van der Waals surface area (Å²) in [5, 5.41) is 19.4. The van der Waals surface area contributed by atoms with Gasteiger partial charge < -0.3 is 5.73 Å². The first-order valence-electron chi connectivity index (χ1n) is 5.55. The first-order valence-corrected chi connectivity index (χ1v) is 5.55. The molecule has 0 bridgehead atoms. The number of nitrogens with zero attached hydrogens (tertiary/aromatic N) is 3. The minimum Gasteiger partial charge on any atom is -0.393 e. The van der Waals surface area contributed by atoms with Crippen LogP contribution in [-0.4, -0.2) is 22.9 Å². The van der Waals surface area contributed by atoms with Gasteiger partial charge in [0.1, 0.15) is 5.69 Å². The zero-order chi connectivity index (χ0) is 13.7. The average Bonchev–Trinajstić information content (AvgIpc) is 2.31. The molecule has 6 nitrogen and oxygen atoms in total. The molecular weight excluding hydrogens is 232 g/mol. The molecule has 0 aromatic heterocycles. The molecule has 6 heteroatoms. The topological polar surface area (TPSA) is 96.2 Å². The van der Waals surface area contributed by atoms with E-state index < -0.39 is 4.92 Å². The van der Waals surface area contributed by atoms with Crippen LogP contribution in [0.3, 0.4) is 0 Å². The van der Waals surface area contributed by atoms with Crippen LogP contribution in [0, 0.1) is 21.4 Å². The second kappa shape index (κ2) is 5.98. The molecule has 18 heavy (non-hydrogen) atoms. The number of hydrogen-bond donors (Lipinski definition) is 1. The molecule has 1 unspecified atom stereocenters. The maximum atomic E-state index is 10.8. The van der Waals surface area contributed by atoms with Crippen LogP contribution in [0.1, 0.15) is 18.9 Å². The van der Waals surface area contributed by atoms with Crippen molar-refractivity contribution < 1.29 is 4.92 Å². The highest BCUT2D eigenvalue weighted by molar-refractivity contribution is 5.59. The van der Waals surface area contributed by atoms with Crippen molar-refractivity contribution in [3.05, 3.63) is 33.9 Å². The molecule has 0 spiro atoms. The molecule has 0 heterocycles. The highest BCUT2D eigenvalue weighted by Crippen LogP contribution is 2.23. The third-order valence-electron chi connectivity index (χ3n) is 2.86. The number of nitrogen functional groups attached to an aromatic ring is 1. The summed E-state index contributed by atoms with van der Waals surface area (Å²) >= 11 is 0. The predicted octanol–water partition coefficient (Wildman–Crippen LogP) is 1.91. The Morgan fingerprint density at radius 3 is 2.83 bits per heavy atom. The van der Waals surface area contributed by atoms with Gasteiger partial charge in [0.25, 0.3) is 5.69 Å². The van der Waals surface area contributed by atoms with E-state index in [1.165, 1.54) is 12.1 Å². The number of nitro benzene ring substituents is 1. The normalized spacial score (nSPS) is 12.1. The Morgan fingerprint density at radius 1 is 1.61 bits per heavy atom. The van der Waals surface area contributed by atoms with Gasteiger partial charge in [-0.15, -0.1) is 0 Å². The fraction of sp³-hybridized carbons (Fsp3) is 0.417. The Kier molecular flexibility index (Phi) is 4.63. The third kappa shape index (κ3) is 3.43. The fourth-order valence-corrected chi connectivity index (χ4v) is 1.58. The molecule has 0 aliphatic carbocycles. The van der Waals surface area contributed by atoms with Gasteiger partial charge in [-0.1, -0.05) is 6.07 Å². The molecule has 0 aliphatic rings. The quantitative estimate of drug-likeness (QED) is 0.487. The SMILES string of the molecule is CC(CC#N)N(C)Cc1ccc(N)c([N+](=O)[O-])c1. The summed E-state index contributed by atoms with van der Waals surface area (Å²) in [4.78, 5) is 12.2. The van der Waals surface area contributed by atoms with E-state index in [2.05, 4.69) is 6.07 Å². The monoisotopic (exact) mass is 248 g/mol. The smallest absolute Gasteiger partial charge is 0.292 e. The number of rotatable bonds is 5. The van der Waals surface area contributed by atoms with Crippen LogP contribution in [0.25, 0.3) is 0 Å². The third-order valence-corrected chi connectivity index (χ3v) is 2.86. The van der Waals surface area contributed by atoms with Crippen LogP contribution < -0.4 is 5.73 Å². The molecule has 2 N–H and O–H groups in total. The number of nitro groups is 1. The zero-order valence-electron chi connectivity index (χ0n) is 10.5. The molecule has 1 atom stereocenters. The molecular formula is C12H16N4O2. The minimum atomic E-state index is -0.489. The van der Waals surface area contributed by atoms with Gasteiger partial charge in [0.15, 0.2) is 0 Å². The summed E-state index contributed by atoms with van der Waals surface area (Å²) in [7, 11) is 1.88. The van der Waals surface area contributed by atoms with Crippen LogP contribution in [0.15, 0.2) is 18.2 Å². The second-order valence-corrected chi connectivity index (χ2v) is 4.28. The number of nitriles is 1. The summed E-state index contributed by atoms with van der Waals surface area (Å²) in [6, 6.07) is 6.98. The van der Waals surface area contributed by atoms with Crippen molar-refractivity contribution in [3.63, 3.8) is 0 Å². The van der Waals surface area contributed by atoms with Crippen LogP contribution in [0.4, 0.5) is 11.4 Å². The van der Waals surface area contributed by atoms with Crippen LogP contribution in [0.2, 0.25) is 0 Å². The Hall–Kier alpha value is -2.13. The van der Waals surface area contributed by atoms with E-state index >= 15 is 0 Å². The summed E-state index contributed by atoms with van der Waals surface area (Å²) in [6.07, 6.45) is 0.424. The van der Waals surface area contributed by atoms with Gasteiger partial charge in [0.2, 0.25) is 0 Å². The number of nitrogens with two attached hydrogens (primary N) is 1. The summed E-state index contributed by atoms with van der Waals surface area (Å²) in [6.45, 7) is 2.49. The molecule has 0 saturated carbocycles. The van der Waals surface area contributed by atoms with Gasteiger partial charge in [0.05, 0.1) is 17.4 Å². The molecule has 96 valence electrons. The van der Waals surface area contributed by atoms with Crippen molar-refractivity contribution in [2.24, 2.45) is 0 Å². The van der Waals surface area contributed by atoms with Crippen molar-refractivity contribution in [2.75, 3.05) is 12.8 Å². The van der Waals surface area contributed by atoms with Crippen molar-refractivity contribution in [1.29, 1.82) is 5.26 Å². The van der Waals surface area contributed by atoms with Crippen LogP contribution >= 0.6 is 0 Å². The fourth-order valence-electron chi connectivity index (χ4n) is 1.58. The van der Waals surface area contributed by atoms with Gasteiger partial charge in [-0.2, -0.15) is 5.26 Å². The lowest BCUT2D eigenvalue weighted by molar-refractivity contribution is -0.384. The summed E-state index contributed by atoms with van der Waals surface area (Å²) in [5.41, 5.74) is 6.43.